The van der Waals surface area contributed by atoms with Crippen molar-refractivity contribution >= 4 is 21.9 Å². The Hall–Kier alpha value is -0.940. The van der Waals surface area contributed by atoms with E-state index in [0.717, 1.165) is 12.1 Å². The largest absolute Gasteiger partial charge is 0.481 e. The van der Waals surface area contributed by atoms with Crippen molar-refractivity contribution < 1.29 is 14.3 Å². The molecule has 0 spiro atoms. The van der Waals surface area contributed by atoms with E-state index >= 15 is 0 Å². The van der Waals surface area contributed by atoms with Crippen LogP contribution in [0.3, 0.4) is 0 Å². The molecule has 3 nitrogen and oxygen atoms in total. The number of rotatable bonds is 3. The maximum absolute atomic E-state index is 13.5. The fourth-order valence-electron chi connectivity index (χ4n) is 2.55. The van der Waals surface area contributed by atoms with Gasteiger partial charge in [-0.1, -0.05) is 6.07 Å². The molecule has 1 fully saturated rings. The third-order valence-electron chi connectivity index (χ3n) is 3.73. The summed E-state index contributed by atoms with van der Waals surface area (Å²) in [4.78, 5) is 13.2. The molecule has 2 unspecified atom stereocenters. The molecule has 1 aliphatic rings. The van der Waals surface area contributed by atoms with E-state index in [4.69, 9.17) is 5.11 Å². The third-order valence-corrected chi connectivity index (χ3v) is 4.38. The lowest BCUT2D eigenvalue weighted by Gasteiger charge is -2.36. The SMILES string of the molecule is CC1CC(C(=O)O)CCN1Cc1ccc(Br)c(F)c1. The zero-order valence-corrected chi connectivity index (χ0v) is 12.4. The van der Waals surface area contributed by atoms with Gasteiger partial charge in [-0.3, -0.25) is 9.69 Å². The van der Waals surface area contributed by atoms with Crippen LogP contribution in [0.4, 0.5) is 4.39 Å². The Labute approximate surface area is 120 Å². The topological polar surface area (TPSA) is 40.5 Å². The normalized spacial score (nSPS) is 24.4. The molecule has 1 aliphatic heterocycles. The number of benzene rings is 1. The van der Waals surface area contributed by atoms with E-state index in [9.17, 15) is 9.18 Å². The second-order valence-corrected chi connectivity index (χ2v) is 5.98. The summed E-state index contributed by atoms with van der Waals surface area (Å²) in [6.07, 6.45) is 1.33. The first kappa shape index (κ1) is 14.5. The number of carbonyl (C=O) groups is 1. The van der Waals surface area contributed by atoms with Crippen molar-refractivity contribution in [3.05, 3.63) is 34.1 Å². The van der Waals surface area contributed by atoms with Gasteiger partial charge in [0.2, 0.25) is 0 Å². The summed E-state index contributed by atoms with van der Waals surface area (Å²) >= 11 is 3.14. The first-order valence-corrected chi connectivity index (χ1v) is 7.17. The van der Waals surface area contributed by atoms with Gasteiger partial charge in [0, 0.05) is 12.6 Å². The van der Waals surface area contributed by atoms with Gasteiger partial charge < -0.3 is 5.11 Å². The van der Waals surface area contributed by atoms with Crippen molar-refractivity contribution in [3.63, 3.8) is 0 Å². The van der Waals surface area contributed by atoms with E-state index in [1.807, 2.05) is 13.0 Å². The Kier molecular flexibility index (Phi) is 4.58. The molecule has 1 N–H and O–H groups in total. The molecular weight excluding hydrogens is 313 g/mol. The zero-order valence-electron chi connectivity index (χ0n) is 10.8. The molecule has 5 heteroatoms. The summed E-state index contributed by atoms with van der Waals surface area (Å²) in [6, 6.07) is 5.34. The number of piperidine rings is 1. The predicted octanol–water partition coefficient (Wildman–Crippen LogP) is 3.27. The van der Waals surface area contributed by atoms with Crippen LogP contribution < -0.4 is 0 Å². The first-order valence-electron chi connectivity index (χ1n) is 6.38. The fourth-order valence-corrected chi connectivity index (χ4v) is 2.80. The van der Waals surface area contributed by atoms with E-state index in [2.05, 4.69) is 20.8 Å². The number of nitrogens with zero attached hydrogens (tertiary/aromatic N) is 1. The second kappa shape index (κ2) is 6.01. The lowest BCUT2D eigenvalue weighted by Crippen LogP contribution is -2.42. The maximum atomic E-state index is 13.5. The predicted molar refractivity (Wildman–Crippen MR) is 74.3 cm³/mol. The van der Waals surface area contributed by atoms with E-state index in [-0.39, 0.29) is 17.8 Å². The zero-order chi connectivity index (χ0) is 14.0. The van der Waals surface area contributed by atoms with Crippen molar-refractivity contribution in [1.82, 2.24) is 4.90 Å². The number of carboxylic acids is 1. The van der Waals surface area contributed by atoms with Gasteiger partial charge in [0.25, 0.3) is 0 Å². The molecule has 0 bridgehead atoms. The highest BCUT2D eigenvalue weighted by Gasteiger charge is 2.29. The monoisotopic (exact) mass is 329 g/mol. The van der Waals surface area contributed by atoms with E-state index in [0.29, 0.717) is 23.9 Å². The molecule has 0 aliphatic carbocycles. The highest BCUT2D eigenvalue weighted by atomic mass is 79.9. The van der Waals surface area contributed by atoms with Crippen LogP contribution >= 0.6 is 15.9 Å². The summed E-state index contributed by atoms with van der Waals surface area (Å²) in [7, 11) is 0. The van der Waals surface area contributed by atoms with Crippen LogP contribution in [0.5, 0.6) is 0 Å². The number of likely N-dealkylation sites (tertiary alicyclic amines) is 1. The molecule has 0 amide bonds. The van der Waals surface area contributed by atoms with Crippen LogP contribution in [0.25, 0.3) is 0 Å². The lowest BCUT2D eigenvalue weighted by molar-refractivity contribution is -0.144. The molecule has 1 aromatic rings. The van der Waals surface area contributed by atoms with Crippen LogP contribution in [0.15, 0.2) is 22.7 Å². The minimum absolute atomic E-state index is 0.210. The standard InChI is InChI=1S/C14H17BrFNO2/c1-9-6-11(14(18)19)4-5-17(9)8-10-2-3-12(15)13(16)7-10/h2-3,7,9,11H,4-6,8H2,1H3,(H,18,19). The Bertz CT molecular complexity index is 481. The molecule has 2 atom stereocenters. The van der Waals surface area contributed by atoms with Crippen LogP contribution in [-0.2, 0) is 11.3 Å². The average molecular weight is 330 g/mol. The smallest absolute Gasteiger partial charge is 0.306 e. The van der Waals surface area contributed by atoms with Crippen molar-refractivity contribution in [2.45, 2.75) is 32.4 Å². The quantitative estimate of drug-likeness (QED) is 0.925. The summed E-state index contributed by atoms with van der Waals surface area (Å²) in [5.74, 6) is -1.21. The van der Waals surface area contributed by atoms with Gasteiger partial charge in [-0.2, -0.15) is 0 Å². The number of halogens is 2. The summed E-state index contributed by atoms with van der Waals surface area (Å²) in [5.41, 5.74) is 0.918. The molecule has 1 saturated heterocycles. The minimum atomic E-state index is -0.707. The minimum Gasteiger partial charge on any atom is -0.481 e. The molecule has 2 rings (SSSR count). The third kappa shape index (κ3) is 3.54. The second-order valence-electron chi connectivity index (χ2n) is 5.13. The van der Waals surface area contributed by atoms with E-state index in [1.54, 1.807) is 6.07 Å². The molecule has 1 heterocycles. The molecular formula is C14H17BrFNO2. The number of hydrogen-bond acceptors (Lipinski definition) is 2. The molecule has 0 radical (unpaired) electrons. The Morgan fingerprint density at radius 2 is 2.32 bits per heavy atom. The van der Waals surface area contributed by atoms with Gasteiger partial charge in [0.05, 0.1) is 10.4 Å². The van der Waals surface area contributed by atoms with Gasteiger partial charge in [-0.25, -0.2) is 4.39 Å². The molecule has 19 heavy (non-hydrogen) atoms. The number of hydrogen-bond donors (Lipinski definition) is 1. The Balaban J connectivity index is 2.00. The maximum Gasteiger partial charge on any atom is 0.306 e. The highest BCUT2D eigenvalue weighted by molar-refractivity contribution is 9.10. The highest BCUT2D eigenvalue weighted by Crippen LogP contribution is 2.25. The van der Waals surface area contributed by atoms with Gasteiger partial charge in [-0.15, -0.1) is 0 Å². The molecule has 0 saturated carbocycles. The van der Waals surface area contributed by atoms with Crippen LogP contribution in [0.1, 0.15) is 25.3 Å². The van der Waals surface area contributed by atoms with E-state index < -0.39 is 5.97 Å². The molecule has 1 aromatic carbocycles. The number of carboxylic acid groups (broad SMARTS) is 1. The van der Waals surface area contributed by atoms with Crippen molar-refractivity contribution in [1.29, 1.82) is 0 Å². The van der Waals surface area contributed by atoms with Gasteiger partial charge in [0.15, 0.2) is 0 Å². The Morgan fingerprint density at radius 1 is 1.58 bits per heavy atom. The van der Waals surface area contributed by atoms with Crippen LogP contribution in [0.2, 0.25) is 0 Å². The average Bonchev–Trinajstić information content (AvgIpc) is 2.36. The van der Waals surface area contributed by atoms with Gasteiger partial charge >= 0.3 is 5.97 Å². The van der Waals surface area contributed by atoms with Gasteiger partial charge in [-0.05, 0) is 59.9 Å². The van der Waals surface area contributed by atoms with E-state index in [1.165, 1.54) is 6.07 Å². The lowest BCUT2D eigenvalue weighted by atomic mass is 9.91. The van der Waals surface area contributed by atoms with Crippen molar-refractivity contribution in [2.75, 3.05) is 6.54 Å². The molecule has 104 valence electrons. The Morgan fingerprint density at radius 3 is 2.89 bits per heavy atom. The van der Waals surface area contributed by atoms with Crippen molar-refractivity contribution in [3.8, 4) is 0 Å². The molecule has 0 aromatic heterocycles. The van der Waals surface area contributed by atoms with Crippen molar-refractivity contribution in [2.24, 2.45) is 5.92 Å². The van der Waals surface area contributed by atoms with Crippen LogP contribution in [0, 0.1) is 11.7 Å². The summed E-state index contributed by atoms with van der Waals surface area (Å²) < 4.78 is 13.9. The fraction of sp³-hybridized carbons (Fsp3) is 0.500. The van der Waals surface area contributed by atoms with Gasteiger partial charge in [0.1, 0.15) is 5.82 Å². The first-order chi connectivity index (χ1) is 8.97. The van der Waals surface area contributed by atoms with Crippen LogP contribution in [-0.4, -0.2) is 28.6 Å². The number of aliphatic carboxylic acids is 1. The summed E-state index contributed by atoms with van der Waals surface area (Å²) in [6.45, 7) is 3.44. The summed E-state index contributed by atoms with van der Waals surface area (Å²) in [5, 5.41) is 9.03.